The molecule has 0 unspecified atom stereocenters. The van der Waals surface area contributed by atoms with Crippen molar-refractivity contribution in [1.29, 1.82) is 0 Å². The quantitative estimate of drug-likeness (QED) is 0.281. The van der Waals surface area contributed by atoms with Crippen LogP contribution in [0.15, 0.2) is 97.1 Å². The third-order valence-electron chi connectivity index (χ3n) is 6.26. The zero-order chi connectivity index (χ0) is 23.2. The highest BCUT2D eigenvalue weighted by Crippen LogP contribution is 2.30. The van der Waals surface area contributed by atoms with Crippen LogP contribution in [-0.4, -0.2) is 20.1 Å². The molecule has 0 radical (unpaired) electrons. The number of hydrogen-bond acceptors (Lipinski definition) is 3. The summed E-state index contributed by atoms with van der Waals surface area (Å²) in [6.07, 6.45) is 5.78. The van der Waals surface area contributed by atoms with Gasteiger partial charge in [0.05, 0.1) is 0 Å². The summed E-state index contributed by atoms with van der Waals surface area (Å²) < 4.78 is 0. The fourth-order valence-corrected chi connectivity index (χ4v) is 4.47. The number of rotatable bonds is 9. The van der Waals surface area contributed by atoms with E-state index in [4.69, 9.17) is 0 Å². The number of aromatic hydroxyl groups is 1. The topological polar surface area (TPSA) is 50.9 Å². The summed E-state index contributed by atoms with van der Waals surface area (Å²) in [5, 5.41) is 20.4. The zero-order valence-electron chi connectivity index (χ0n) is 19.3. The molecule has 4 heteroatoms. The van der Waals surface area contributed by atoms with E-state index in [-0.39, 0.29) is 5.75 Å². The van der Waals surface area contributed by atoms with Crippen molar-refractivity contribution in [2.75, 3.05) is 0 Å². The number of fused-ring (bicyclic) bond motifs is 1. The molecule has 0 saturated carbocycles. The molecule has 1 aromatic heterocycles. The van der Waals surface area contributed by atoms with Gasteiger partial charge in [0.25, 0.3) is 0 Å². The highest BCUT2D eigenvalue weighted by molar-refractivity contribution is 5.73. The molecule has 5 rings (SSSR count). The first-order chi connectivity index (χ1) is 16.8. The first-order valence-electron chi connectivity index (χ1n) is 12.0. The third kappa shape index (κ3) is 5.18. The second-order valence-corrected chi connectivity index (χ2v) is 8.78. The van der Waals surface area contributed by atoms with Gasteiger partial charge in [0, 0.05) is 0 Å². The zero-order valence-corrected chi connectivity index (χ0v) is 19.3. The second-order valence-electron chi connectivity index (χ2n) is 8.78. The summed E-state index contributed by atoms with van der Waals surface area (Å²) in [6, 6.07) is 33.1. The van der Waals surface area contributed by atoms with E-state index in [9.17, 15) is 5.11 Å². The first-order valence-corrected chi connectivity index (χ1v) is 12.0. The average molecular weight is 448 g/mol. The summed E-state index contributed by atoms with van der Waals surface area (Å²) in [5.74, 6) is 0.278. The third-order valence-corrected chi connectivity index (χ3v) is 6.26. The van der Waals surface area contributed by atoms with Crippen LogP contribution in [0.5, 0.6) is 5.75 Å². The van der Waals surface area contributed by atoms with Crippen molar-refractivity contribution in [2.45, 2.75) is 38.5 Å². The fraction of sp³-hybridized carbons (Fsp3) is 0.200. The van der Waals surface area contributed by atoms with Gasteiger partial charge in [0.1, 0.15) is 22.5 Å². The van der Waals surface area contributed by atoms with E-state index in [1.54, 1.807) is 4.80 Å². The number of benzene rings is 4. The predicted octanol–water partition coefficient (Wildman–Crippen LogP) is 6.48. The Labute approximate surface area is 200 Å². The van der Waals surface area contributed by atoms with E-state index < -0.39 is 0 Å². The number of nitrogens with zero attached hydrogens (tertiary/aromatic N) is 3. The molecule has 1 N–H and O–H groups in total. The summed E-state index contributed by atoms with van der Waals surface area (Å²) >= 11 is 0. The van der Waals surface area contributed by atoms with Crippen molar-refractivity contribution < 1.29 is 5.11 Å². The smallest absolute Gasteiger partial charge is 0.146 e. The average Bonchev–Trinajstić information content (AvgIpc) is 3.31. The lowest BCUT2D eigenvalue weighted by Crippen LogP contribution is -2.04. The fourth-order valence-electron chi connectivity index (χ4n) is 4.47. The molecule has 0 bridgehead atoms. The molecular formula is C30H29N3O. The van der Waals surface area contributed by atoms with E-state index in [2.05, 4.69) is 70.9 Å². The first kappa shape index (κ1) is 21.9. The lowest BCUT2D eigenvalue weighted by molar-refractivity contribution is 0.459. The van der Waals surface area contributed by atoms with E-state index in [0.717, 1.165) is 55.1 Å². The van der Waals surface area contributed by atoms with Crippen LogP contribution in [0.2, 0.25) is 0 Å². The van der Waals surface area contributed by atoms with Crippen molar-refractivity contribution in [3.05, 3.63) is 119 Å². The highest BCUT2D eigenvalue weighted by atomic mass is 16.3. The molecule has 0 fully saturated rings. The molecular weight excluding hydrogens is 418 g/mol. The second kappa shape index (κ2) is 10.3. The van der Waals surface area contributed by atoms with Gasteiger partial charge in [0.2, 0.25) is 0 Å². The molecule has 34 heavy (non-hydrogen) atoms. The molecule has 0 spiro atoms. The minimum absolute atomic E-state index is 0.278. The van der Waals surface area contributed by atoms with E-state index in [0.29, 0.717) is 5.69 Å². The van der Waals surface area contributed by atoms with Crippen molar-refractivity contribution in [2.24, 2.45) is 0 Å². The number of phenols is 1. The highest BCUT2D eigenvalue weighted by Gasteiger charge is 2.15. The molecule has 0 atom stereocenters. The van der Waals surface area contributed by atoms with Gasteiger partial charge in [-0.1, -0.05) is 78.9 Å². The van der Waals surface area contributed by atoms with Crippen LogP contribution in [0.25, 0.3) is 16.7 Å². The minimum atomic E-state index is 0.278. The summed E-state index contributed by atoms with van der Waals surface area (Å²) in [6.45, 7) is 0. The maximum Gasteiger partial charge on any atom is 0.146 e. The standard InChI is InChI=1S/C30H29N3O/c34-30-26(18-10-16-24-13-5-2-6-14-24)21-25(17-9-15-23-11-3-1-4-12-23)22-29(30)33-31-27-19-7-8-20-28(27)32-33/h1-8,11-14,19-22,34H,9-10,15-18H2. The Morgan fingerprint density at radius 1 is 0.559 bits per heavy atom. The molecule has 5 aromatic rings. The van der Waals surface area contributed by atoms with E-state index in [1.165, 1.54) is 16.7 Å². The van der Waals surface area contributed by atoms with Crippen LogP contribution in [0.1, 0.15) is 35.1 Å². The Morgan fingerprint density at radius 3 is 1.65 bits per heavy atom. The normalized spacial score (nSPS) is 11.2. The van der Waals surface area contributed by atoms with Gasteiger partial charge < -0.3 is 5.11 Å². The van der Waals surface area contributed by atoms with Crippen molar-refractivity contribution in [3.63, 3.8) is 0 Å². The Kier molecular flexibility index (Phi) is 6.66. The maximum absolute atomic E-state index is 11.2. The summed E-state index contributed by atoms with van der Waals surface area (Å²) in [5.41, 5.74) is 7.14. The van der Waals surface area contributed by atoms with Crippen LogP contribution < -0.4 is 0 Å². The van der Waals surface area contributed by atoms with Gasteiger partial charge in [0.15, 0.2) is 0 Å². The Morgan fingerprint density at radius 2 is 1.06 bits per heavy atom. The van der Waals surface area contributed by atoms with Gasteiger partial charge in [-0.05, 0) is 79.0 Å². The van der Waals surface area contributed by atoms with Crippen LogP contribution in [0, 0.1) is 0 Å². The van der Waals surface area contributed by atoms with Gasteiger partial charge in [-0.15, -0.1) is 15.0 Å². The van der Waals surface area contributed by atoms with Gasteiger partial charge in [-0.25, -0.2) is 0 Å². The van der Waals surface area contributed by atoms with Crippen molar-refractivity contribution >= 4 is 11.0 Å². The van der Waals surface area contributed by atoms with Gasteiger partial charge in [-0.3, -0.25) is 0 Å². The minimum Gasteiger partial charge on any atom is -0.505 e. The van der Waals surface area contributed by atoms with Crippen LogP contribution in [-0.2, 0) is 25.7 Å². The van der Waals surface area contributed by atoms with Crippen molar-refractivity contribution in [1.82, 2.24) is 15.0 Å². The SMILES string of the molecule is Oc1c(CCCc2ccccc2)cc(CCCc2ccccc2)cc1-n1nc2ccccc2n1. The lowest BCUT2D eigenvalue weighted by Gasteiger charge is -2.13. The van der Waals surface area contributed by atoms with Crippen LogP contribution in [0.4, 0.5) is 0 Å². The molecule has 0 saturated heterocycles. The number of aromatic nitrogens is 3. The Bertz CT molecular complexity index is 1330. The molecule has 4 aromatic carbocycles. The molecule has 170 valence electrons. The Hall–Kier alpha value is -3.92. The summed E-state index contributed by atoms with van der Waals surface area (Å²) in [7, 11) is 0. The van der Waals surface area contributed by atoms with Crippen LogP contribution >= 0.6 is 0 Å². The predicted molar refractivity (Wildman–Crippen MR) is 137 cm³/mol. The number of phenolic OH excluding ortho intramolecular Hbond substituents is 1. The van der Waals surface area contributed by atoms with Gasteiger partial charge >= 0.3 is 0 Å². The van der Waals surface area contributed by atoms with E-state index >= 15 is 0 Å². The largest absolute Gasteiger partial charge is 0.505 e. The lowest BCUT2D eigenvalue weighted by atomic mass is 9.97. The van der Waals surface area contributed by atoms with Gasteiger partial charge in [-0.2, -0.15) is 0 Å². The number of hydrogen-bond donors (Lipinski definition) is 1. The molecule has 1 heterocycles. The molecule has 0 aliphatic heterocycles. The molecule has 0 aliphatic carbocycles. The monoisotopic (exact) mass is 447 g/mol. The molecule has 0 amide bonds. The molecule has 4 nitrogen and oxygen atoms in total. The van der Waals surface area contributed by atoms with Crippen molar-refractivity contribution in [3.8, 4) is 11.4 Å². The van der Waals surface area contributed by atoms with E-state index in [1.807, 2.05) is 36.4 Å². The number of aryl methyl sites for hydroxylation is 4. The maximum atomic E-state index is 11.2. The molecule has 0 aliphatic rings. The Balaban J connectivity index is 1.40. The summed E-state index contributed by atoms with van der Waals surface area (Å²) in [4.78, 5) is 1.58. The van der Waals surface area contributed by atoms with Crippen LogP contribution in [0.3, 0.4) is 0 Å².